The van der Waals surface area contributed by atoms with Gasteiger partial charge in [0.1, 0.15) is 17.3 Å². The van der Waals surface area contributed by atoms with Gasteiger partial charge in [0, 0.05) is 17.1 Å². The van der Waals surface area contributed by atoms with Gasteiger partial charge in [-0.1, -0.05) is 36.4 Å². The first kappa shape index (κ1) is 21.0. The van der Waals surface area contributed by atoms with Crippen LogP contribution in [0.2, 0.25) is 0 Å². The molecule has 4 aromatic rings. The number of halogens is 1. The highest BCUT2D eigenvalue weighted by atomic mass is 32.2. The van der Waals surface area contributed by atoms with Gasteiger partial charge >= 0.3 is 5.91 Å². The maximum absolute atomic E-state index is 13.9. The van der Waals surface area contributed by atoms with Gasteiger partial charge in [0.2, 0.25) is 0 Å². The summed E-state index contributed by atoms with van der Waals surface area (Å²) in [6.07, 6.45) is 1.71. The first-order valence-electron chi connectivity index (χ1n) is 9.25. The van der Waals surface area contributed by atoms with Gasteiger partial charge in [0.15, 0.2) is 20.4 Å². The van der Waals surface area contributed by atoms with Crippen molar-refractivity contribution in [1.29, 1.82) is 0 Å². The summed E-state index contributed by atoms with van der Waals surface area (Å²) in [4.78, 5) is 17.2. The van der Waals surface area contributed by atoms with E-state index < -0.39 is 15.7 Å². The lowest BCUT2D eigenvalue weighted by atomic mass is 10.2. The summed E-state index contributed by atoms with van der Waals surface area (Å²) in [7, 11) is -3.59. The van der Waals surface area contributed by atoms with E-state index in [9.17, 15) is 17.6 Å². The van der Waals surface area contributed by atoms with Gasteiger partial charge in [-0.15, -0.1) is 11.3 Å². The zero-order valence-electron chi connectivity index (χ0n) is 16.1. The summed E-state index contributed by atoms with van der Waals surface area (Å²) in [5.74, 6) is -1.27. The highest BCUT2D eigenvalue weighted by Crippen LogP contribution is 2.18. The second-order valence-corrected chi connectivity index (χ2v) is 9.52. The van der Waals surface area contributed by atoms with Crippen LogP contribution in [-0.2, 0) is 22.1 Å². The number of thiazole rings is 1. The minimum atomic E-state index is -3.59. The molecule has 31 heavy (non-hydrogen) atoms. The molecule has 0 aliphatic carbocycles. The lowest BCUT2D eigenvalue weighted by Crippen LogP contribution is -2.17. The molecule has 2 aromatic carbocycles. The van der Waals surface area contributed by atoms with Crippen LogP contribution in [0.25, 0.3) is 0 Å². The van der Waals surface area contributed by atoms with E-state index >= 15 is 0 Å². The fourth-order valence-electron chi connectivity index (χ4n) is 2.93. The lowest BCUT2D eigenvalue weighted by molar-refractivity contribution is 0.0970. The molecule has 4 rings (SSSR count). The number of carbonyl (C=O) groups excluding carboxylic acids is 1. The van der Waals surface area contributed by atoms with Crippen LogP contribution in [0, 0.1) is 5.82 Å². The van der Waals surface area contributed by atoms with E-state index in [1.54, 1.807) is 52.5 Å². The summed E-state index contributed by atoms with van der Waals surface area (Å²) >= 11 is 1.23. The number of furan rings is 1. The van der Waals surface area contributed by atoms with Crippen molar-refractivity contribution >= 4 is 27.1 Å². The van der Waals surface area contributed by atoms with Crippen molar-refractivity contribution in [2.45, 2.75) is 17.2 Å². The zero-order chi connectivity index (χ0) is 21.8. The van der Waals surface area contributed by atoms with E-state index in [2.05, 4.69) is 4.99 Å². The minimum absolute atomic E-state index is 0.0656. The summed E-state index contributed by atoms with van der Waals surface area (Å²) in [5.41, 5.74) is 0.473. The van der Waals surface area contributed by atoms with E-state index in [4.69, 9.17) is 4.42 Å². The maximum atomic E-state index is 13.9. The molecule has 0 N–H and O–H groups in total. The predicted octanol–water partition coefficient (Wildman–Crippen LogP) is 4.05. The van der Waals surface area contributed by atoms with Crippen molar-refractivity contribution in [1.82, 2.24) is 4.57 Å². The van der Waals surface area contributed by atoms with E-state index in [-0.39, 0.29) is 34.5 Å². The Morgan fingerprint density at radius 2 is 1.77 bits per heavy atom. The Balaban J connectivity index is 1.53. The molecule has 6 nitrogen and oxygen atoms in total. The van der Waals surface area contributed by atoms with Crippen LogP contribution in [0.5, 0.6) is 0 Å². The SMILES string of the molecule is O=C(N=c1sccn1Cc1ccccc1F)c1ccc(CS(=O)(=O)c2ccccc2)o1. The number of amides is 1. The maximum Gasteiger partial charge on any atom is 0.315 e. The molecule has 2 aromatic heterocycles. The third-order valence-corrected chi connectivity index (χ3v) is 6.91. The highest BCUT2D eigenvalue weighted by Gasteiger charge is 2.19. The predicted molar refractivity (Wildman–Crippen MR) is 114 cm³/mol. The van der Waals surface area contributed by atoms with Crippen LogP contribution in [0.1, 0.15) is 21.9 Å². The topological polar surface area (TPSA) is 81.6 Å². The number of carbonyl (C=O) groups is 1. The fraction of sp³-hybridized carbons (Fsp3) is 0.0909. The van der Waals surface area contributed by atoms with Gasteiger partial charge in [0.05, 0.1) is 11.4 Å². The van der Waals surface area contributed by atoms with Crippen LogP contribution < -0.4 is 4.80 Å². The number of aromatic nitrogens is 1. The first-order valence-corrected chi connectivity index (χ1v) is 11.8. The van der Waals surface area contributed by atoms with Crippen LogP contribution in [0.4, 0.5) is 4.39 Å². The summed E-state index contributed by atoms with van der Waals surface area (Å²) < 4.78 is 46.0. The highest BCUT2D eigenvalue weighted by molar-refractivity contribution is 7.90. The summed E-state index contributed by atoms with van der Waals surface area (Å²) in [5, 5.41) is 1.74. The van der Waals surface area contributed by atoms with Gasteiger partial charge in [-0.05, 0) is 30.3 Å². The van der Waals surface area contributed by atoms with E-state index in [0.29, 0.717) is 10.4 Å². The van der Waals surface area contributed by atoms with Gasteiger partial charge in [-0.2, -0.15) is 4.99 Å². The molecular weight excluding hydrogens is 439 g/mol. The molecule has 2 heterocycles. The van der Waals surface area contributed by atoms with Crippen molar-refractivity contribution in [3.8, 4) is 0 Å². The molecule has 9 heteroatoms. The smallest absolute Gasteiger partial charge is 0.315 e. The lowest BCUT2D eigenvalue weighted by Gasteiger charge is -2.04. The van der Waals surface area contributed by atoms with E-state index in [0.717, 1.165) is 0 Å². The first-order chi connectivity index (χ1) is 14.9. The van der Waals surface area contributed by atoms with Crippen molar-refractivity contribution in [3.63, 3.8) is 0 Å². The van der Waals surface area contributed by atoms with E-state index in [1.165, 1.54) is 41.7 Å². The molecule has 0 unspecified atom stereocenters. The molecule has 0 bridgehead atoms. The van der Waals surface area contributed by atoms with Crippen LogP contribution in [-0.4, -0.2) is 18.9 Å². The van der Waals surface area contributed by atoms with Gasteiger partial charge in [0.25, 0.3) is 0 Å². The second kappa shape index (κ2) is 8.83. The van der Waals surface area contributed by atoms with Gasteiger partial charge in [-0.3, -0.25) is 4.79 Å². The summed E-state index contributed by atoms with van der Waals surface area (Å²) in [6, 6.07) is 17.3. The average Bonchev–Trinajstić information content (AvgIpc) is 3.40. The van der Waals surface area contributed by atoms with Gasteiger partial charge < -0.3 is 8.98 Å². The molecule has 0 atom stereocenters. The molecule has 1 amide bonds. The largest absolute Gasteiger partial charge is 0.455 e. The van der Waals surface area contributed by atoms with Crippen molar-refractivity contribution in [2.24, 2.45) is 4.99 Å². The molecule has 158 valence electrons. The monoisotopic (exact) mass is 456 g/mol. The third kappa shape index (κ3) is 4.89. The molecule has 0 saturated carbocycles. The van der Waals surface area contributed by atoms with Crippen molar-refractivity contribution in [3.05, 3.63) is 106 Å². The number of rotatable bonds is 6. The van der Waals surface area contributed by atoms with Crippen molar-refractivity contribution < 1.29 is 22.0 Å². The Morgan fingerprint density at radius 1 is 1.03 bits per heavy atom. The Labute approximate surface area is 181 Å². The molecule has 0 aliphatic heterocycles. The standard InChI is InChI=1S/C22H17FN2O4S2/c23-19-9-5-4-6-16(19)14-25-12-13-30-22(25)24-21(26)20-11-10-17(29-20)15-31(27,28)18-7-2-1-3-8-18/h1-13H,14-15H2. The molecule has 0 radical (unpaired) electrons. The average molecular weight is 457 g/mol. The normalized spacial score (nSPS) is 12.2. The number of hydrogen-bond acceptors (Lipinski definition) is 5. The number of sulfone groups is 1. The Kier molecular flexibility index (Phi) is 5.97. The fourth-order valence-corrected chi connectivity index (χ4v) is 4.92. The third-order valence-electron chi connectivity index (χ3n) is 4.46. The second-order valence-electron chi connectivity index (χ2n) is 6.66. The quantitative estimate of drug-likeness (QED) is 0.438. The van der Waals surface area contributed by atoms with Gasteiger partial charge in [-0.25, -0.2) is 12.8 Å². The molecule has 0 saturated heterocycles. The Morgan fingerprint density at radius 3 is 2.55 bits per heavy atom. The van der Waals surface area contributed by atoms with Crippen LogP contribution in [0.3, 0.4) is 0 Å². The van der Waals surface area contributed by atoms with Crippen molar-refractivity contribution in [2.75, 3.05) is 0 Å². The summed E-state index contributed by atoms with van der Waals surface area (Å²) in [6.45, 7) is 0.223. The number of hydrogen-bond donors (Lipinski definition) is 0. The number of nitrogens with zero attached hydrogens (tertiary/aromatic N) is 2. The minimum Gasteiger partial charge on any atom is -0.455 e. The molecule has 0 fully saturated rings. The zero-order valence-corrected chi connectivity index (χ0v) is 17.8. The molecule has 0 spiro atoms. The number of benzene rings is 2. The van der Waals surface area contributed by atoms with Crippen LogP contribution >= 0.6 is 11.3 Å². The molecule has 0 aliphatic rings. The molecular formula is C22H17FN2O4S2. The Hall–Kier alpha value is -3.30. The van der Waals surface area contributed by atoms with Crippen LogP contribution in [0.15, 0.2) is 92.6 Å². The van der Waals surface area contributed by atoms with E-state index in [1.807, 2.05) is 0 Å². The Bertz CT molecular complexity index is 1390.